The van der Waals surface area contributed by atoms with Gasteiger partial charge in [-0.25, -0.2) is 9.97 Å². The number of hydrogen-bond acceptors (Lipinski definition) is 8. The van der Waals surface area contributed by atoms with E-state index in [-0.39, 0.29) is 11.8 Å². The van der Waals surface area contributed by atoms with Gasteiger partial charge in [0.25, 0.3) is 0 Å². The second-order valence-electron chi connectivity index (χ2n) is 6.88. The molecular formula is C18H25N7OS. The van der Waals surface area contributed by atoms with Crippen LogP contribution in [0.3, 0.4) is 0 Å². The Morgan fingerprint density at radius 2 is 2.30 bits per heavy atom. The number of likely N-dealkylation sites (N-methyl/N-ethyl adjacent to an activating group) is 1. The number of aryl methyl sites for hydroxylation is 1. The molecule has 1 N–H and O–H groups in total. The van der Waals surface area contributed by atoms with Crippen LogP contribution in [-0.4, -0.2) is 69.6 Å². The highest BCUT2D eigenvalue weighted by Gasteiger charge is 2.25. The zero-order chi connectivity index (χ0) is 19.2. The molecule has 1 unspecified atom stereocenters. The van der Waals surface area contributed by atoms with Gasteiger partial charge in [-0.2, -0.15) is 0 Å². The minimum atomic E-state index is 0.0690. The molecule has 0 bridgehead atoms. The summed E-state index contributed by atoms with van der Waals surface area (Å²) >= 11 is 1.42. The molecule has 2 aromatic rings. The van der Waals surface area contributed by atoms with Gasteiger partial charge in [0.1, 0.15) is 17.2 Å². The average Bonchev–Trinajstić information content (AvgIpc) is 3.14. The van der Waals surface area contributed by atoms with Gasteiger partial charge in [0, 0.05) is 37.7 Å². The highest BCUT2D eigenvalue weighted by molar-refractivity contribution is 7.13. The number of nitrogens with zero attached hydrogens (tertiary/aromatic N) is 6. The van der Waals surface area contributed by atoms with Crippen molar-refractivity contribution in [1.82, 2.24) is 30.0 Å². The van der Waals surface area contributed by atoms with E-state index < -0.39 is 0 Å². The van der Waals surface area contributed by atoms with Crippen LogP contribution in [0.2, 0.25) is 0 Å². The first-order chi connectivity index (χ1) is 13.0. The second-order valence-corrected chi connectivity index (χ2v) is 7.72. The van der Waals surface area contributed by atoms with Crippen LogP contribution >= 0.6 is 11.3 Å². The van der Waals surface area contributed by atoms with Gasteiger partial charge >= 0.3 is 0 Å². The lowest BCUT2D eigenvalue weighted by atomic mass is 9.94. The first-order valence-corrected chi connectivity index (χ1v) is 9.88. The van der Waals surface area contributed by atoms with E-state index in [9.17, 15) is 4.79 Å². The molecule has 0 radical (unpaired) electrons. The number of piperidine rings is 1. The van der Waals surface area contributed by atoms with E-state index in [0.29, 0.717) is 23.3 Å². The van der Waals surface area contributed by atoms with Crippen molar-refractivity contribution in [1.29, 1.82) is 0 Å². The summed E-state index contributed by atoms with van der Waals surface area (Å²) in [4.78, 5) is 25.5. The average molecular weight is 388 g/mol. The Morgan fingerprint density at radius 1 is 1.44 bits per heavy atom. The molecule has 0 spiro atoms. The molecule has 1 aliphatic heterocycles. The molecule has 1 amide bonds. The lowest BCUT2D eigenvalue weighted by molar-refractivity contribution is -0.127. The van der Waals surface area contributed by atoms with E-state index in [4.69, 9.17) is 0 Å². The molecule has 27 heavy (non-hydrogen) atoms. The van der Waals surface area contributed by atoms with Crippen LogP contribution in [0.1, 0.15) is 30.3 Å². The zero-order valence-corrected chi connectivity index (χ0v) is 16.7. The fourth-order valence-electron chi connectivity index (χ4n) is 3.09. The van der Waals surface area contributed by atoms with Crippen LogP contribution in [0.5, 0.6) is 0 Å². The van der Waals surface area contributed by atoms with Gasteiger partial charge in [0.2, 0.25) is 11.0 Å². The number of aromatic nitrogens is 4. The van der Waals surface area contributed by atoms with Gasteiger partial charge in [-0.05, 0) is 33.9 Å². The smallest absolute Gasteiger partial charge is 0.246 e. The Morgan fingerprint density at radius 3 is 3.04 bits per heavy atom. The number of anilines is 2. The minimum Gasteiger partial charge on any atom is -0.339 e. The largest absolute Gasteiger partial charge is 0.339 e. The number of carbonyl (C=O) groups is 1. The van der Waals surface area contributed by atoms with Gasteiger partial charge < -0.3 is 15.1 Å². The first-order valence-electron chi connectivity index (χ1n) is 9.00. The third-order valence-corrected chi connectivity index (χ3v) is 4.94. The van der Waals surface area contributed by atoms with E-state index in [2.05, 4.69) is 25.5 Å². The molecule has 1 saturated heterocycles. The minimum absolute atomic E-state index is 0.0690. The molecule has 3 heterocycles. The Kier molecular flexibility index (Phi) is 6.46. The molecule has 0 aliphatic carbocycles. The van der Waals surface area contributed by atoms with E-state index >= 15 is 0 Å². The van der Waals surface area contributed by atoms with Crippen LogP contribution < -0.4 is 5.32 Å². The van der Waals surface area contributed by atoms with E-state index in [1.165, 1.54) is 11.3 Å². The molecule has 1 aliphatic rings. The van der Waals surface area contributed by atoms with E-state index in [1.54, 1.807) is 11.6 Å². The van der Waals surface area contributed by atoms with Crippen molar-refractivity contribution in [2.75, 3.05) is 39.0 Å². The summed E-state index contributed by atoms with van der Waals surface area (Å²) in [6.07, 6.45) is 5.57. The summed E-state index contributed by atoms with van der Waals surface area (Å²) in [5.74, 6) is 1.69. The summed E-state index contributed by atoms with van der Waals surface area (Å²) < 4.78 is 0. The maximum atomic E-state index is 12.5. The summed E-state index contributed by atoms with van der Waals surface area (Å²) in [5, 5.41) is 11.7. The summed E-state index contributed by atoms with van der Waals surface area (Å²) in [6.45, 7) is 4.11. The normalized spacial score (nSPS) is 17.6. The van der Waals surface area contributed by atoms with Gasteiger partial charge in [0.15, 0.2) is 0 Å². The number of nitrogens with one attached hydrogen (secondary N) is 1. The Balaban J connectivity index is 1.69. The molecule has 1 fully saturated rings. The Hall–Kier alpha value is -2.39. The Labute approximate surface area is 163 Å². The van der Waals surface area contributed by atoms with Crippen molar-refractivity contribution in [2.45, 2.75) is 25.7 Å². The van der Waals surface area contributed by atoms with Crippen molar-refractivity contribution >= 4 is 28.2 Å². The molecule has 3 rings (SSSR count). The number of likely N-dealkylation sites (tertiary alicyclic amines) is 1. The molecule has 2 aromatic heterocycles. The fraction of sp³-hybridized carbons (Fsp3) is 0.500. The van der Waals surface area contributed by atoms with Crippen molar-refractivity contribution in [2.24, 2.45) is 0 Å². The van der Waals surface area contributed by atoms with Crippen molar-refractivity contribution in [3.63, 3.8) is 0 Å². The zero-order valence-electron chi connectivity index (χ0n) is 15.9. The highest BCUT2D eigenvalue weighted by atomic mass is 32.1. The van der Waals surface area contributed by atoms with Gasteiger partial charge in [0.05, 0.1) is 5.69 Å². The third kappa shape index (κ3) is 5.54. The monoisotopic (exact) mass is 387 g/mol. The second kappa shape index (κ2) is 9.01. The van der Waals surface area contributed by atoms with Crippen LogP contribution in [0, 0.1) is 6.92 Å². The van der Waals surface area contributed by atoms with Crippen LogP contribution in [-0.2, 0) is 4.79 Å². The molecule has 9 heteroatoms. The first kappa shape index (κ1) is 19.4. The summed E-state index contributed by atoms with van der Waals surface area (Å²) in [5.41, 5.74) is 2.63. The number of carbonyl (C=O) groups excluding carboxylic acids is 1. The van der Waals surface area contributed by atoms with Crippen molar-refractivity contribution < 1.29 is 4.79 Å². The lowest BCUT2D eigenvalue weighted by Gasteiger charge is -2.32. The maximum absolute atomic E-state index is 12.5. The molecule has 8 nitrogen and oxygen atoms in total. The molecule has 1 atom stereocenters. The van der Waals surface area contributed by atoms with E-state index in [1.807, 2.05) is 43.0 Å². The van der Waals surface area contributed by atoms with Gasteiger partial charge in [-0.15, -0.1) is 10.2 Å². The third-order valence-electron chi connectivity index (χ3n) is 4.34. The van der Waals surface area contributed by atoms with Gasteiger partial charge in [-0.1, -0.05) is 17.4 Å². The molecular weight excluding hydrogens is 362 g/mol. The predicted octanol–water partition coefficient (Wildman–Crippen LogP) is 2.20. The van der Waals surface area contributed by atoms with E-state index in [0.717, 1.165) is 31.6 Å². The number of amides is 1. The standard InChI is InChI=1S/C18H25N7OS/c1-13-20-15(10-16(21-13)22-18-23-19-12-27-18)14-6-4-9-25(11-14)17(26)7-5-8-24(2)3/h5,7,10,12,14H,4,6,8-9,11H2,1-3H3,(H,20,21,22,23)/b7-5+. The Bertz CT molecular complexity index is 791. The summed E-state index contributed by atoms with van der Waals surface area (Å²) in [7, 11) is 3.97. The van der Waals surface area contributed by atoms with Crippen LogP contribution in [0.25, 0.3) is 0 Å². The molecule has 0 saturated carbocycles. The fourth-order valence-corrected chi connectivity index (χ4v) is 3.54. The molecule has 144 valence electrons. The molecule has 0 aromatic carbocycles. The summed E-state index contributed by atoms with van der Waals surface area (Å²) in [6, 6.07) is 1.95. The van der Waals surface area contributed by atoms with Crippen LogP contribution in [0.4, 0.5) is 10.9 Å². The number of hydrogen-bond donors (Lipinski definition) is 1. The topological polar surface area (TPSA) is 87.1 Å². The lowest BCUT2D eigenvalue weighted by Crippen LogP contribution is -2.38. The number of rotatable bonds is 6. The van der Waals surface area contributed by atoms with Crippen LogP contribution in [0.15, 0.2) is 23.7 Å². The van der Waals surface area contributed by atoms with Crippen molar-refractivity contribution in [3.8, 4) is 0 Å². The highest BCUT2D eigenvalue weighted by Crippen LogP contribution is 2.28. The quantitative estimate of drug-likeness (QED) is 0.760. The predicted molar refractivity (Wildman–Crippen MR) is 106 cm³/mol. The van der Waals surface area contributed by atoms with Crippen molar-refractivity contribution in [3.05, 3.63) is 35.2 Å². The maximum Gasteiger partial charge on any atom is 0.246 e. The van der Waals surface area contributed by atoms with Gasteiger partial charge in [-0.3, -0.25) is 4.79 Å². The SMILES string of the molecule is Cc1nc(Nc2nncs2)cc(C2CCCN(C(=O)/C=C/CN(C)C)C2)n1.